The molecular formula is C26H34F3N5O4. The van der Waals surface area contributed by atoms with Gasteiger partial charge in [-0.1, -0.05) is 6.07 Å². The summed E-state index contributed by atoms with van der Waals surface area (Å²) in [5.74, 6) is -3.98. The summed E-state index contributed by atoms with van der Waals surface area (Å²) in [6.45, 7) is 1.16. The molecule has 3 heterocycles. The van der Waals surface area contributed by atoms with Crippen LogP contribution in [0.5, 0.6) is 0 Å². The first-order valence-corrected chi connectivity index (χ1v) is 12.7. The van der Waals surface area contributed by atoms with Crippen molar-refractivity contribution in [3.8, 4) is 0 Å². The normalized spacial score (nSPS) is 14.4. The SMILES string of the molecule is COC(CF)CN(CCCCc1ccc2c(n1)NCCC2)CCC(NC(=O)c1c(F)cncc1F)C(=O)O. The van der Waals surface area contributed by atoms with E-state index in [1.54, 1.807) is 0 Å². The highest BCUT2D eigenvalue weighted by atomic mass is 19.1. The van der Waals surface area contributed by atoms with Crippen molar-refractivity contribution in [3.63, 3.8) is 0 Å². The predicted molar refractivity (Wildman–Crippen MR) is 135 cm³/mol. The first-order valence-electron chi connectivity index (χ1n) is 12.7. The fourth-order valence-corrected chi connectivity index (χ4v) is 4.35. The number of nitrogens with one attached hydrogen (secondary N) is 2. The lowest BCUT2D eigenvalue weighted by atomic mass is 10.1. The van der Waals surface area contributed by atoms with E-state index in [9.17, 15) is 27.9 Å². The summed E-state index contributed by atoms with van der Waals surface area (Å²) >= 11 is 0. The Balaban J connectivity index is 1.56. The number of unbranched alkanes of at least 4 members (excludes halogenated alkanes) is 1. The van der Waals surface area contributed by atoms with E-state index < -0.39 is 47.9 Å². The number of carboxylic acid groups (broad SMARTS) is 1. The van der Waals surface area contributed by atoms with E-state index in [0.29, 0.717) is 18.9 Å². The van der Waals surface area contributed by atoms with Gasteiger partial charge < -0.3 is 25.4 Å². The standard InChI is InChI=1S/C26H34F3N5O4/c1-38-19(13-27)16-34(11-3-2-6-18-8-7-17-5-4-10-31-24(17)32-18)12-9-22(26(36)37)33-25(35)23-20(28)14-30-15-21(23)29/h7-8,14-15,19,22H,2-6,9-13,16H2,1H3,(H,31,32)(H,33,35)(H,36,37). The van der Waals surface area contributed by atoms with E-state index >= 15 is 0 Å². The third-order valence-electron chi connectivity index (χ3n) is 6.49. The van der Waals surface area contributed by atoms with Crippen molar-refractivity contribution in [2.75, 3.05) is 45.3 Å². The third-order valence-corrected chi connectivity index (χ3v) is 6.49. The Hall–Kier alpha value is -3.25. The van der Waals surface area contributed by atoms with Gasteiger partial charge in [0.15, 0.2) is 11.6 Å². The van der Waals surface area contributed by atoms with Gasteiger partial charge in [0.1, 0.15) is 24.1 Å². The highest BCUT2D eigenvalue weighted by molar-refractivity contribution is 5.96. The molecule has 9 nitrogen and oxygen atoms in total. The second-order valence-corrected chi connectivity index (χ2v) is 9.24. The van der Waals surface area contributed by atoms with Crippen LogP contribution in [0, 0.1) is 11.6 Å². The van der Waals surface area contributed by atoms with E-state index in [1.807, 2.05) is 11.0 Å². The molecule has 0 radical (unpaired) electrons. The Morgan fingerprint density at radius 3 is 2.66 bits per heavy atom. The Bertz CT molecular complexity index is 1070. The van der Waals surface area contributed by atoms with Gasteiger partial charge >= 0.3 is 5.97 Å². The van der Waals surface area contributed by atoms with Crippen LogP contribution < -0.4 is 10.6 Å². The van der Waals surface area contributed by atoms with Crippen LogP contribution in [0.1, 0.15) is 47.3 Å². The number of ether oxygens (including phenoxy) is 1. The van der Waals surface area contributed by atoms with Gasteiger partial charge in [0, 0.05) is 32.4 Å². The number of nitrogens with zero attached hydrogens (tertiary/aromatic N) is 3. The lowest BCUT2D eigenvalue weighted by Crippen LogP contribution is -2.45. The quantitative estimate of drug-likeness (QED) is 0.297. The van der Waals surface area contributed by atoms with Gasteiger partial charge in [-0.3, -0.25) is 9.78 Å². The Morgan fingerprint density at radius 2 is 1.97 bits per heavy atom. The van der Waals surface area contributed by atoms with Crippen LogP contribution in [-0.4, -0.2) is 84.0 Å². The zero-order chi connectivity index (χ0) is 27.5. The molecule has 0 aromatic carbocycles. The third kappa shape index (κ3) is 8.38. The minimum absolute atomic E-state index is 0.0594. The van der Waals surface area contributed by atoms with Gasteiger partial charge in [-0.15, -0.1) is 0 Å². The first kappa shape index (κ1) is 29.3. The van der Waals surface area contributed by atoms with Gasteiger partial charge in [-0.25, -0.2) is 22.9 Å². The number of hydrogen-bond donors (Lipinski definition) is 3. The molecule has 1 aliphatic rings. The number of aliphatic carboxylic acids is 1. The summed E-state index contributed by atoms with van der Waals surface area (Å²) in [5, 5.41) is 15.1. The molecule has 0 spiro atoms. The van der Waals surface area contributed by atoms with E-state index in [-0.39, 0.29) is 19.5 Å². The largest absolute Gasteiger partial charge is 0.480 e. The van der Waals surface area contributed by atoms with Crippen molar-refractivity contribution >= 4 is 17.7 Å². The molecule has 2 aromatic rings. The van der Waals surface area contributed by atoms with Crippen molar-refractivity contribution in [1.82, 2.24) is 20.2 Å². The average Bonchev–Trinajstić information content (AvgIpc) is 2.91. The number of aromatic nitrogens is 2. The average molecular weight is 538 g/mol. The number of alkyl halides is 1. The van der Waals surface area contributed by atoms with Crippen LogP contribution in [0.25, 0.3) is 0 Å². The number of methoxy groups -OCH3 is 1. The molecule has 0 fully saturated rings. The Kier molecular flexibility index (Phi) is 11.3. The van der Waals surface area contributed by atoms with Crippen LogP contribution in [0.4, 0.5) is 19.0 Å². The molecule has 0 bridgehead atoms. The summed E-state index contributed by atoms with van der Waals surface area (Å²) < 4.78 is 46.3. The van der Waals surface area contributed by atoms with Crippen molar-refractivity contribution in [3.05, 3.63) is 53.0 Å². The Morgan fingerprint density at radius 1 is 1.21 bits per heavy atom. The van der Waals surface area contributed by atoms with Gasteiger partial charge in [-0.2, -0.15) is 0 Å². The first-order chi connectivity index (χ1) is 18.3. The molecule has 1 aliphatic heterocycles. The van der Waals surface area contributed by atoms with Gasteiger partial charge in [0.25, 0.3) is 5.91 Å². The van der Waals surface area contributed by atoms with Crippen LogP contribution in [0.2, 0.25) is 0 Å². The second-order valence-electron chi connectivity index (χ2n) is 9.24. The number of halogens is 3. The summed E-state index contributed by atoms with van der Waals surface area (Å²) in [4.78, 5) is 34.0. The van der Waals surface area contributed by atoms with Crippen LogP contribution in [0.3, 0.4) is 0 Å². The number of pyridine rings is 2. The minimum Gasteiger partial charge on any atom is -0.480 e. The maximum atomic E-state index is 13.9. The number of carboxylic acids is 1. The van der Waals surface area contributed by atoms with Crippen molar-refractivity contribution in [1.29, 1.82) is 0 Å². The van der Waals surface area contributed by atoms with Crippen molar-refractivity contribution < 1.29 is 32.6 Å². The summed E-state index contributed by atoms with van der Waals surface area (Å²) in [5.41, 5.74) is 1.30. The summed E-state index contributed by atoms with van der Waals surface area (Å²) in [6, 6.07) is 2.72. The molecule has 2 atom stereocenters. The number of aryl methyl sites for hydroxylation is 2. The monoisotopic (exact) mass is 537 g/mol. The zero-order valence-corrected chi connectivity index (χ0v) is 21.4. The molecule has 2 unspecified atom stereocenters. The zero-order valence-electron chi connectivity index (χ0n) is 21.4. The molecule has 3 rings (SSSR count). The van der Waals surface area contributed by atoms with E-state index in [2.05, 4.69) is 21.7 Å². The van der Waals surface area contributed by atoms with Crippen molar-refractivity contribution in [2.24, 2.45) is 0 Å². The molecule has 12 heteroatoms. The molecule has 0 aliphatic carbocycles. The van der Waals surface area contributed by atoms with Crippen molar-refractivity contribution in [2.45, 2.75) is 50.7 Å². The topological polar surface area (TPSA) is 117 Å². The number of fused-ring (bicyclic) bond motifs is 1. The fourth-order valence-electron chi connectivity index (χ4n) is 4.35. The fraction of sp³-hybridized carbons (Fsp3) is 0.538. The van der Waals surface area contributed by atoms with Gasteiger partial charge in [-0.05, 0) is 56.7 Å². The van der Waals surface area contributed by atoms with Crippen LogP contribution >= 0.6 is 0 Å². The van der Waals surface area contributed by atoms with Gasteiger partial charge in [0.2, 0.25) is 0 Å². The number of carbonyl (C=O) groups is 2. The number of hydrogen-bond acceptors (Lipinski definition) is 7. The molecule has 208 valence electrons. The van der Waals surface area contributed by atoms with Crippen LogP contribution in [-0.2, 0) is 22.4 Å². The molecule has 0 saturated heterocycles. The van der Waals surface area contributed by atoms with E-state index in [1.165, 1.54) is 12.7 Å². The van der Waals surface area contributed by atoms with Gasteiger partial charge in [0.05, 0.1) is 18.5 Å². The minimum atomic E-state index is -1.41. The summed E-state index contributed by atoms with van der Waals surface area (Å²) in [6.07, 6.45) is 5.02. The number of anilines is 1. The number of carbonyl (C=O) groups excluding carboxylic acids is 1. The molecule has 0 saturated carbocycles. The highest BCUT2D eigenvalue weighted by Crippen LogP contribution is 2.20. The molecule has 38 heavy (non-hydrogen) atoms. The summed E-state index contributed by atoms with van der Waals surface area (Å²) in [7, 11) is 1.40. The highest BCUT2D eigenvalue weighted by Gasteiger charge is 2.26. The van der Waals surface area contributed by atoms with E-state index in [0.717, 1.165) is 50.2 Å². The maximum absolute atomic E-state index is 13.9. The molecular weight excluding hydrogens is 503 g/mol. The lowest BCUT2D eigenvalue weighted by molar-refractivity contribution is -0.139. The van der Waals surface area contributed by atoms with E-state index in [4.69, 9.17) is 9.72 Å². The Labute approximate surface area is 219 Å². The second kappa shape index (κ2) is 14.6. The molecule has 1 amide bonds. The molecule has 2 aromatic heterocycles. The van der Waals surface area contributed by atoms with Crippen LogP contribution in [0.15, 0.2) is 24.5 Å². The number of amides is 1. The number of rotatable bonds is 15. The predicted octanol–water partition coefficient (Wildman–Crippen LogP) is 3.00. The molecule has 3 N–H and O–H groups in total. The smallest absolute Gasteiger partial charge is 0.326 e. The lowest BCUT2D eigenvalue weighted by Gasteiger charge is -2.27. The maximum Gasteiger partial charge on any atom is 0.326 e.